The number of rotatable bonds is 3. The van der Waals surface area contributed by atoms with E-state index in [1.807, 2.05) is 0 Å². The first-order valence-electron chi connectivity index (χ1n) is 5.80. The SMILES string of the molecule is O=c1[nH]c(SCc2ccccc2F)nc2c1CSC2. The molecule has 0 saturated heterocycles. The quantitative estimate of drug-likeness (QED) is 0.698. The number of halogens is 1. The summed E-state index contributed by atoms with van der Waals surface area (Å²) in [6, 6.07) is 6.64. The summed E-state index contributed by atoms with van der Waals surface area (Å²) in [5, 5.41) is 0.564. The van der Waals surface area contributed by atoms with Gasteiger partial charge in [0.25, 0.3) is 5.56 Å². The standard InChI is InChI=1S/C13H11FN2OS2/c14-10-4-2-1-3-8(10)5-19-13-15-11-7-18-6-9(11)12(17)16-13/h1-4H,5-7H2,(H,15,16,17). The Morgan fingerprint density at radius 1 is 1.37 bits per heavy atom. The van der Waals surface area contributed by atoms with E-state index in [1.54, 1.807) is 30.0 Å². The predicted molar refractivity (Wildman–Crippen MR) is 75.8 cm³/mol. The maximum Gasteiger partial charge on any atom is 0.255 e. The van der Waals surface area contributed by atoms with E-state index in [-0.39, 0.29) is 11.4 Å². The number of hydrogen-bond donors (Lipinski definition) is 1. The fourth-order valence-electron chi connectivity index (χ4n) is 1.87. The molecule has 2 heterocycles. The van der Waals surface area contributed by atoms with E-state index >= 15 is 0 Å². The van der Waals surface area contributed by atoms with E-state index in [4.69, 9.17) is 0 Å². The van der Waals surface area contributed by atoms with Gasteiger partial charge in [-0.2, -0.15) is 11.8 Å². The van der Waals surface area contributed by atoms with Crippen LogP contribution < -0.4 is 5.56 Å². The van der Waals surface area contributed by atoms with E-state index in [1.165, 1.54) is 17.8 Å². The Morgan fingerprint density at radius 2 is 2.21 bits per heavy atom. The van der Waals surface area contributed by atoms with Gasteiger partial charge in [-0.15, -0.1) is 0 Å². The molecule has 0 spiro atoms. The maximum atomic E-state index is 13.5. The first kappa shape index (κ1) is 12.7. The van der Waals surface area contributed by atoms with Crippen molar-refractivity contribution in [3.63, 3.8) is 0 Å². The Labute approximate surface area is 118 Å². The number of aromatic amines is 1. The van der Waals surface area contributed by atoms with Crippen LogP contribution in [0.5, 0.6) is 0 Å². The summed E-state index contributed by atoms with van der Waals surface area (Å²) in [4.78, 5) is 19.0. The van der Waals surface area contributed by atoms with Crippen molar-refractivity contribution in [3.8, 4) is 0 Å². The third-order valence-corrected chi connectivity index (χ3v) is 4.78. The minimum atomic E-state index is -0.228. The highest BCUT2D eigenvalue weighted by Gasteiger charge is 2.17. The summed E-state index contributed by atoms with van der Waals surface area (Å²) in [5.74, 6) is 1.75. The van der Waals surface area contributed by atoms with Crippen LogP contribution in [0, 0.1) is 5.82 Å². The number of thioether (sulfide) groups is 2. The van der Waals surface area contributed by atoms with E-state index < -0.39 is 0 Å². The highest BCUT2D eigenvalue weighted by atomic mass is 32.2. The Balaban J connectivity index is 1.80. The van der Waals surface area contributed by atoms with Crippen molar-refractivity contribution in [2.75, 3.05) is 0 Å². The van der Waals surface area contributed by atoms with Crippen LogP contribution in [0.1, 0.15) is 16.8 Å². The topological polar surface area (TPSA) is 45.8 Å². The summed E-state index contributed by atoms with van der Waals surface area (Å²) < 4.78 is 13.5. The molecule has 1 N–H and O–H groups in total. The molecule has 0 amide bonds. The zero-order chi connectivity index (χ0) is 13.2. The van der Waals surface area contributed by atoms with Gasteiger partial charge in [-0.3, -0.25) is 4.79 Å². The molecule has 0 atom stereocenters. The van der Waals surface area contributed by atoms with E-state index in [0.717, 1.165) is 22.8 Å². The molecule has 19 heavy (non-hydrogen) atoms. The minimum absolute atomic E-state index is 0.0639. The molecule has 0 fully saturated rings. The number of aromatic nitrogens is 2. The summed E-state index contributed by atoms with van der Waals surface area (Å²) in [6.45, 7) is 0. The molecule has 2 aromatic rings. The molecule has 6 heteroatoms. The molecule has 3 nitrogen and oxygen atoms in total. The first-order valence-corrected chi connectivity index (χ1v) is 7.94. The number of benzene rings is 1. The lowest BCUT2D eigenvalue weighted by Gasteiger charge is -2.04. The Bertz CT molecular complexity index is 672. The zero-order valence-corrected chi connectivity index (χ0v) is 11.6. The summed E-state index contributed by atoms with van der Waals surface area (Å²) >= 11 is 3.04. The number of nitrogens with one attached hydrogen (secondary N) is 1. The van der Waals surface area contributed by atoms with Crippen LogP contribution >= 0.6 is 23.5 Å². The largest absolute Gasteiger partial charge is 0.301 e. The molecule has 3 rings (SSSR count). The molecule has 0 unspecified atom stereocenters. The van der Waals surface area contributed by atoms with Gasteiger partial charge < -0.3 is 4.98 Å². The summed E-state index contributed by atoms with van der Waals surface area (Å²) in [7, 11) is 0. The Kier molecular flexibility index (Phi) is 3.61. The molecular formula is C13H11FN2OS2. The van der Waals surface area contributed by atoms with Gasteiger partial charge in [0.05, 0.1) is 5.69 Å². The highest BCUT2D eigenvalue weighted by molar-refractivity contribution is 7.98. The second-order valence-electron chi connectivity index (χ2n) is 4.17. The van der Waals surface area contributed by atoms with E-state index in [0.29, 0.717) is 16.5 Å². The Hall–Kier alpha value is -1.27. The van der Waals surface area contributed by atoms with E-state index in [2.05, 4.69) is 9.97 Å². The minimum Gasteiger partial charge on any atom is -0.301 e. The fraction of sp³-hybridized carbons (Fsp3) is 0.231. The van der Waals surface area contributed by atoms with Crippen molar-refractivity contribution >= 4 is 23.5 Å². The van der Waals surface area contributed by atoms with Crippen LogP contribution in [0.3, 0.4) is 0 Å². The van der Waals surface area contributed by atoms with Crippen LogP contribution in [0.2, 0.25) is 0 Å². The second kappa shape index (κ2) is 5.38. The van der Waals surface area contributed by atoms with Crippen molar-refractivity contribution in [1.29, 1.82) is 0 Å². The monoisotopic (exact) mass is 294 g/mol. The summed E-state index contributed by atoms with van der Waals surface area (Å²) in [6.07, 6.45) is 0. The van der Waals surface area contributed by atoms with E-state index in [9.17, 15) is 9.18 Å². The van der Waals surface area contributed by atoms with Gasteiger partial charge >= 0.3 is 0 Å². The zero-order valence-electron chi connectivity index (χ0n) is 9.98. The van der Waals surface area contributed by atoms with Crippen LogP contribution in [0.15, 0.2) is 34.2 Å². The lowest BCUT2D eigenvalue weighted by Crippen LogP contribution is -2.14. The Morgan fingerprint density at radius 3 is 3.05 bits per heavy atom. The first-order chi connectivity index (χ1) is 9.24. The number of fused-ring (bicyclic) bond motifs is 1. The smallest absolute Gasteiger partial charge is 0.255 e. The maximum absolute atomic E-state index is 13.5. The fourth-order valence-corrected chi connectivity index (χ4v) is 3.77. The van der Waals surface area contributed by atoms with Gasteiger partial charge in [0.15, 0.2) is 5.16 Å². The van der Waals surface area contributed by atoms with Crippen LogP contribution in [-0.2, 0) is 17.3 Å². The molecular weight excluding hydrogens is 283 g/mol. The predicted octanol–water partition coefficient (Wildman–Crippen LogP) is 2.95. The third kappa shape index (κ3) is 2.69. The van der Waals surface area contributed by atoms with Crippen molar-refractivity contribution in [3.05, 3.63) is 57.3 Å². The molecule has 1 aromatic heterocycles. The molecule has 0 bridgehead atoms. The van der Waals surface area contributed by atoms with Crippen molar-refractivity contribution in [2.24, 2.45) is 0 Å². The molecule has 1 aromatic carbocycles. The van der Waals surface area contributed by atoms with Crippen LogP contribution in [0.4, 0.5) is 4.39 Å². The van der Waals surface area contributed by atoms with Gasteiger partial charge in [-0.25, -0.2) is 9.37 Å². The lowest BCUT2D eigenvalue weighted by molar-refractivity contribution is 0.617. The molecule has 0 radical (unpaired) electrons. The van der Waals surface area contributed by atoms with Crippen LogP contribution in [0.25, 0.3) is 0 Å². The third-order valence-electron chi connectivity index (χ3n) is 2.89. The van der Waals surface area contributed by atoms with Crippen LogP contribution in [-0.4, -0.2) is 9.97 Å². The summed E-state index contributed by atoms with van der Waals surface area (Å²) in [5.41, 5.74) is 2.20. The van der Waals surface area contributed by atoms with Crippen molar-refractivity contribution in [1.82, 2.24) is 9.97 Å². The van der Waals surface area contributed by atoms with Crippen molar-refractivity contribution < 1.29 is 4.39 Å². The average Bonchev–Trinajstić information content (AvgIpc) is 2.87. The lowest BCUT2D eigenvalue weighted by atomic mass is 10.2. The number of H-pyrrole nitrogens is 1. The van der Waals surface area contributed by atoms with Gasteiger partial charge in [-0.1, -0.05) is 30.0 Å². The van der Waals surface area contributed by atoms with Crippen molar-refractivity contribution in [2.45, 2.75) is 22.4 Å². The van der Waals surface area contributed by atoms with Gasteiger partial charge in [0.1, 0.15) is 5.82 Å². The molecule has 1 aliphatic heterocycles. The number of hydrogen-bond acceptors (Lipinski definition) is 4. The van der Waals surface area contributed by atoms with Gasteiger partial charge in [0, 0.05) is 22.8 Å². The molecule has 0 aliphatic carbocycles. The highest BCUT2D eigenvalue weighted by Crippen LogP contribution is 2.27. The van der Waals surface area contributed by atoms with Gasteiger partial charge in [-0.05, 0) is 11.6 Å². The normalized spacial score (nSPS) is 13.5. The van der Waals surface area contributed by atoms with Gasteiger partial charge in [0.2, 0.25) is 0 Å². The average molecular weight is 294 g/mol. The molecule has 98 valence electrons. The molecule has 0 saturated carbocycles. The number of nitrogens with zero attached hydrogens (tertiary/aromatic N) is 1. The molecule has 1 aliphatic rings. The second-order valence-corrected chi connectivity index (χ2v) is 6.12.